The maximum absolute atomic E-state index is 12.0. The smallest absolute Gasteiger partial charge is 0.287 e. The molecule has 0 saturated heterocycles. The van der Waals surface area contributed by atoms with Crippen LogP contribution < -0.4 is 5.32 Å². The fourth-order valence-electron chi connectivity index (χ4n) is 1.64. The summed E-state index contributed by atoms with van der Waals surface area (Å²) in [5, 5.41) is 3.43. The molecule has 1 aromatic carbocycles. The Kier molecular flexibility index (Phi) is 3.99. The second-order valence-corrected chi connectivity index (χ2v) is 6.56. The molecule has 2 rings (SSSR count). The van der Waals surface area contributed by atoms with Crippen molar-refractivity contribution in [2.24, 2.45) is 5.41 Å². The van der Waals surface area contributed by atoms with E-state index in [1.54, 1.807) is 12.1 Å². The highest BCUT2D eigenvalue weighted by Gasteiger charge is 2.22. The van der Waals surface area contributed by atoms with E-state index in [2.05, 4.69) is 21.2 Å². The van der Waals surface area contributed by atoms with Gasteiger partial charge in [0, 0.05) is 15.3 Å². The summed E-state index contributed by atoms with van der Waals surface area (Å²) < 4.78 is 6.38. The van der Waals surface area contributed by atoms with Crippen LogP contribution in [0.1, 0.15) is 31.3 Å². The van der Waals surface area contributed by atoms with Crippen LogP contribution in [-0.4, -0.2) is 18.2 Å². The number of rotatable bonds is 3. The molecule has 5 heteroatoms. The third kappa shape index (κ3) is 3.28. The Morgan fingerprint density at radius 3 is 2.60 bits per heavy atom. The monoisotopic (exact) mass is 337 g/mol. The van der Waals surface area contributed by atoms with Crippen molar-refractivity contribution in [1.82, 2.24) is 5.32 Å². The van der Waals surface area contributed by atoms with Gasteiger partial charge in [-0.1, -0.05) is 36.7 Å². The van der Waals surface area contributed by atoms with E-state index in [0.29, 0.717) is 5.58 Å². The summed E-state index contributed by atoms with van der Waals surface area (Å²) >= 11 is 3.36. The summed E-state index contributed by atoms with van der Waals surface area (Å²) in [7, 11) is 0. The van der Waals surface area contributed by atoms with E-state index < -0.39 is 5.41 Å². The van der Waals surface area contributed by atoms with Crippen LogP contribution in [0.5, 0.6) is 0 Å². The first kappa shape index (κ1) is 14.8. The first-order valence-electron chi connectivity index (χ1n) is 6.28. The van der Waals surface area contributed by atoms with Crippen LogP contribution in [0, 0.1) is 5.41 Å². The summed E-state index contributed by atoms with van der Waals surface area (Å²) in [6, 6.07) is 7.17. The summed E-state index contributed by atoms with van der Waals surface area (Å²) in [6.45, 7) is 5.46. The van der Waals surface area contributed by atoms with Gasteiger partial charge in [-0.05, 0) is 24.3 Å². The van der Waals surface area contributed by atoms with Crippen molar-refractivity contribution in [2.45, 2.75) is 20.8 Å². The lowest BCUT2D eigenvalue weighted by molar-refractivity contribution is -0.125. The molecule has 0 fully saturated rings. The van der Waals surface area contributed by atoms with Crippen LogP contribution in [0.4, 0.5) is 0 Å². The molecule has 0 spiro atoms. The fourth-order valence-corrected chi connectivity index (χ4v) is 2.02. The molecule has 0 atom stereocenters. The van der Waals surface area contributed by atoms with E-state index in [1.807, 2.05) is 32.9 Å². The number of ketones is 1. The minimum Gasteiger partial charge on any atom is -0.451 e. The minimum absolute atomic E-state index is 0.00305. The maximum atomic E-state index is 12.0. The fraction of sp³-hybridized carbons (Fsp3) is 0.333. The van der Waals surface area contributed by atoms with Crippen molar-refractivity contribution in [3.63, 3.8) is 0 Å². The molecule has 0 aliphatic carbocycles. The highest BCUT2D eigenvalue weighted by atomic mass is 79.9. The average molecular weight is 338 g/mol. The predicted molar refractivity (Wildman–Crippen MR) is 80.7 cm³/mol. The van der Waals surface area contributed by atoms with Gasteiger partial charge in [-0.15, -0.1) is 0 Å². The predicted octanol–water partition coefficient (Wildman–Crippen LogP) is 3.54. The molecule has 4 nitrogen and oxygen atoms in total. The number of amides is 1. The van der Waals surface area contributed by atoms with Crippen molar-refractivity contribution in [2.75, 3.05) is 6.54 Å². The molecule has 0 aliphatic heterocycles. The van der Waals surface area contributed by atoms with E-state index >= 15 is 0 Å². The summed E-state index contributed by atoms with van der Waals surface area (Å²) in [4.78, 5) is 23.7. The Morgan fingerprint density at radius 2 is 1.95 bits per heavy atom. The van der Waals surface area contributed by atoms with E-state index in [1.165, 1.54) is 0 Å². The van der Waals surface area contributed by atoms with Crippen molar-refractivity contribution >= 4 is 38.6 Å². The van der Waals surface area contributed by atoms with Gasteiger partial charge in [0.05, 0.1) is 6.54 Å². The molecule has 2 aromatic rings. The molecule has 20 heavy (non-hydrogen) atoms. The van der Waals surface area contributed by atoms with Gasteiger partial charge in [0.25, 0.3) is 5.91 Å². The zero-order valence-corrected chi connectivity index (χ0v) is 13.2. The zero-order chi connectivity index (χ0) is 14.9. The Hall–Kier alpha value is -1.62. The lowest BCUT2D eigenvalue weighted by Crippen LogP contribution is -2.35. The number of nitrogens with one attached hydrogen (secondary N) is 1. The molecule has 0 unspecified atom stereocenters. The van der Waals surface area contributed by atoms with Crippen molar-refractivity contribution < 1.29 is 14.0 Å². The zero-order valence-electron chi connectivity index (χ0n) is 11.6. The number of hydrogen-bond donors (Lipinski definition) is 1. The molecule has 1 heterocycles. The Balaban J connectivity index is 2.10. The van der Waals surface area contributed by atoms with Gasteiger partial charge < -0.3 is 9.73 Å². The number of halogens is 1. The molecule has 1 aromatic heterocycles. The summed E-state index contributed by atoms with van der Waals surface area (Å²) in [5.74, 6) is -0.195. The topological polar surface area (TPSA) is 59.3 Å². The van der Waals surface area contributed by atoms with Gasteiger partial charge in [-0.25, -0.2) is 0 Å². The lowest BCUT2D eigenvalue weighted by atomic mass is 9.91. The van der Waals surface area contributed by atoms with Gasteiger partial charge in [0.1, 0.15) is 5.58 Å². The lowest BCUT2D eigenvalue weighted by Gasteiger charge is -2.16. The first-order chi connectivity index (χ1) is 9.27. The second-order valence-electron chi connectivity index (χ2n) is 5.65. The van der Waals surface area contributed by atoms with Crippen LogP contribution in [0.3, 0.4) is 0 Å². The highest BCUT2D eigenvalue weighted by Crippen LogP contribution is 2.23. The number of benzene rings is 1. The molecule has 0 bridgehead atoms. The van der Waals surface area contributed by atoms with Gasteiger partial charge in [0.15, 0.2) is 11.5 Å². The number of fused-ring (bicyclic) bond motifs is 1. The minimum atomic E-state index is -0.466. The van der Waals surface area contributed by atoms with E-state index in [0.717, 1.165) is 9.86 Å². The standard InChI is InChI=1S/C15H16BrNO3/c1-15(2,3)13(18)8-17-14(19)12-7-9-6-10(16)4-5-11(9)20-12/h4-7H,8H2,1-3H3,(H,17,19). The van der Waals surface area contributed by atoms with Crippen molar-refractivity contribution in [1.29, 1.82) is 0 Å². The number of hydrogen-bond acceptors (Lipinski definition) is 3. The van der Waals surface area contributed by atoms with Gasteiger partial charge in [0.2, 0.25) is 0 Å². The maximum Gasteiger partial charge on any atom is 0.287 e. The van der Waals surface area contributed by atoms with Gasteiger partial charge in [-0.3, -0.25) is 9.59 Å². The molecule has 1 N–H and O–H groups in total. The Labute approximate surface area is 125 Å². The quantitative estimate of drug-likeness (QED) is 0.931. The summed E-state index contributed by atoms with van der Waals surface area (Å²) in [5.41, 5.74) is 0.173. The molecular weight excluding hydrogens is 322 g/mol. The van der Waals surface area contributed by atoms with Crippen LogP contribution in [-0.2, 0) is 4.79 Å². The van der Waals surface area contributed by atoms with Crippen LogP contribution >= 0.6 is 15.9 Å². The van der Waals surface area contributed by atoms with E-state index in [9.17, 15) is 9.59 Å². The molecule has 0 saturated carbocycles. The second kappa shape index (κ2) is 5.40. The Morgan fingerprint density at radius 1 is 1.25 bits per heavy atom. The number of furan rings is 1. The number of carbonyl (C=O) groups excluding carboxylic acids is 2. The molecule has 0 radical (unpaired) electrons. The third-order valence-corrected chi connectivity index (χ3v) is 3.44. The Bertz CT molecular complexity index is 667. The van der Waals surface area contributed by atoms with Crippen molar-refractivity contribution in [3.8, 4) is 0 Å². The molecule has 1 amide bonds. The first-order valence-corrected chi connectivity index (χ1v) is 7.07. The molecular formula is C15H16BrNO3. The normalized spacial score (nSPS) is 11.6. The highest BCUT2D eigenvalue weighted by molar-refractivity contribution is 9.10. The van der Waals surface area contributed by atoms with Gasteiger partial charge >= 0.3 is 0 Å². The van der Waals surface area contributed by atoms with Crippen molar-refractivity contribution in [3.05, 3.63) is 34.5 Å². The van der Waals surface area contributed by atoms with Crippen LogP contribution in [0.25, 0.3) is 11.0 Å². The largest absolute Gasteiger partial charge is 0.451 e. The SMILES string of the molecule is CC(C)(C)C(=O)CNC(=O)c1cc2cc(Br)ccc2o1. The molecule has 0 aliphatic rings. The van der Waals surface area contributed by atoms with E-state index in [-0.39, 0.29) is 24.0 Å². The van der Waals surface area contributed by atoms with E-state index in [4.69, 9.17) is 4.42 Å². The molecule has 106 valence electrons. The van der Waals surface area contributed by atoms with Crippen LogP contribution in [0.15, 0.2) is 33.2 Å². The number of carbonyl (C=O) groups is 2. The van der Waals surface area contributed by atoms with Gasteiger partial charge in [-0.2, -0.15) is 0 Å². The third-order valence-electron chi connectivity index (χ3n) is 2.95. The average Bonchev–Trinajstić information content (AvgIpc) is 2.77. The number of Topliss-reactive ketones (excluding diaryl/α,β-unsaturated/α-hetero) is 1. The summed E-state index contributed by atoms with van der Waals surface area (Å²) in [6.07, 6.45) is 0. The van der Waals surface area contributed by atoms with Crippen LogP contribution in [0.2, 0.25) is 0 Å².